The number of carbonyl (C=O) groups excluding carboxylic acids is 1. The van der Waals surface area contributed by atoms with E-state index < -0.39 is 5.91 Å². The van der Waals surface area contributed by atoms with Gasteiger partial charge in [-0.1, -0.05) is 6.92 Å². The molecule has 1 fully saturated rings. The minimum atomic E-state index is -0.410. The lowest BCUT2D eigenvalue weighted by atomic mass is 9.87. The summed E-state index contributed by atoms with van der Waals surface area (Å²) in [7, 11) is 0. The second-order valence-corrected chi connectivity index (χ2v) is 5.43. The molecule has 2 rings (SSSR count). The fourth-order valence-electron chi connectivity index (χ4n) is 2.62. The first-order valence-corrected chi connectivity index (χ1v) is 6.74. The molecule has 2 heterocycles. The largest absolute Gasteiger partial charge is 0.366 e. The van der Waals surface area contributed by atoms with E-state index in [2.05, 4.69) is 16.8 Å². The summed E-state index contributed by atoms with van der Waals surface area (Å²) in [6.45, 7) is 6.65. The number of rotatable bonds is 3. The summed E-state index contributed by atoms with van der Waals surface area (Å²) < 4.78 is 0. The minimum absolute atomic E-state index is 0.410. The number of anilines is 1. The molecule has 4 N–H and O–H groups in total. The van der Waals surface area contributed by atoms with Gasteiger partial charge in [0.15, 0.2) is 0 Å². The van der Waals surface area contributed by atoms with Crippen molar-refractivity contribution in [3.8, 4) is 0 Å². The number of nitrogens with zero attached hydrogens (tertiary/aromatic N) is 2. The van der Waals surface area contributed by atoms with Crippen molar-refractivity contribution >= 4 is 11.7 Å². The molecule has 1 amide bonds. The van der Waals surface area contributed by atoms with Crippen LogP contribution in [0.4, 0.5) is 5.82 Å². The number of pyridine rings is 1. The third kappa shape index (κ3) is 3.04. The monoisotopic (exact) mass is 262 g/mol. The minimum Gasteiger partial charge on any atom is -0.366 e. The first kappa shape index (κ1) is 13.8. The zero-order valence-corrected chi connectivity index (χ0v) is 11.6. The number of primary amides is 1. The third-order valence-corrected chi connectivity index (χ3v) is 3.97. The zero-order chi connectivity index (χ0) is 14.0. The number of piperidine rings is 1. The van der Waals surface area contributed by atoms with Crippen LogP contribution in [0, 0.1) is 18.8 Å². The molecular formula is C14H22N4O. The van der Waals surface area contributed by atoms with Gasteiger partial charge in [-0.25, -0.2) is 4.98 Å². The Kier molecular flexibility index (Phi) is 4.04. The van der Waals surface area contributed by atoms with Gasteiger partial charge in [0, 0.05) is 24.3 Å². The standard InChI is InChI=1S/C14H22N4O/c1-9-3-4-18(8-12(9)7-15)13-6-11(14(16)19)5-10(2)17-13/h5-6,9,12H,3-4,7-8,15H2,1-2H3,(H2,16,19). The maximum Gasteiger partial charge on any atom is 0.248 e. The number of nitrogens with two attached hydrogens (primary N) is 2. The second kappa shape index (κ2) is 5.57. The molecule has 1 saturated heterocycles. The SMILES string of the molecule is Cc1cc(C(N)=O)cc(N2CCC(C)C(CN)C2)n1. The van der Waals surface area contributed by atoms with Crippen molar-refractivity contribution in [2.24, 2.45) is 23.3 Å². The molecule has 1 aliphatic rings. The summed E-state index contributed by atoms with van der Waals surface area (Å²) in [5.41, 5.74) is 12.5. The summed E-state index contributed by atoms with van der Waals surface area (Å²) >= 11 is 0. The molecule has 0 spiro atoms. The van der Waals surface area contributed by atoms with Crippen molar-refractivity contribution in [1.29, 1.82) is 0 Å². The Morgan fingerprint density at radius 2 is 2.26 bits per heavy atom. The van der Waals surface area contributed by atoms with Crippen molar-refractivity contribution in [1.82, 2.24) is 4.98 Å². The van der Waals surface area contributed by atoms with Gasteiger partial charge in [-0.15, -0.1) is 0 Å². The number of aryl methyl sites for hydroxylation is 1. The van der Waals surface area contributed by atoms with Crippen molar-refractivity contribution in [3.05, 3.63) is 23.4 Å². The smallest absolute Gasteiger partial charge is 0.248 e. The highest BCUT2D eigenvalue weighted by molar-refractivity contribution is 5.93. The normalized spacial score (nSPS) is 23.4. The summed E-state index contributed by atoms with van der Waals surface area (Å²) in [5.74, 6) is 1.54. The van der Waals surface area contributed by atoms with Crippen LogP contribution in [0.1, 0.15) is 29.4 Å². The molecule has 0 radical (unpaired) electrons. The lowest BCUT2D eigenvalue weighted by Crippen LogP contribution is -2.43. The Morgan fingerprint density at radius 1 is 1.53 bits per heavy atom. The molecule has 5 nitrogen and oxygen atoms in total. The maximum absolute atomic E-state index is 11.3. The first-order valence-electron chi connectivity index (χ1n) is 6.74. The van der Waals surface area contributed by atoms with Gasteiger partial charge in [-0.3, -0.25) is 4.79 Å². The van der Waals surface area contributed by atoms with Gasteiger partial charge in [0.25, 0.3) is 0 Å². The molecule has 0 aromatic carbocycles. The first-order chi connectivity index (χ1) is 9.01. The predicted molar refractivity (Wildman–Crippen MR) is 76.0 cm³/mol. The van der Waals surface area contributed by atoms with Gasteiger partial charge < -0.3 is 16.4 Å². The highest BCUT2D eigenvalue weighted by atomic mass is 16.1. The van der Waals surface area contributed by atoms with Gasteiger partial charge in [0.1, 0.15) is 5.82 Å². The number of hydrogen-bond donors (Lipinski definition) is 2. The fraction of sp³-hybridized carbons (Fsp3) is 0.571. The van der Waals surface area contributed by atoms with E-state index in [4.69, 9.17) is 11.5 Å². The number of carbonyl (C=O) groups is 1. The molecule has 5 heteroatoms. The van der Waals surface area contributed by atoms with Gasteiger partial charge in [0.2, 0.25) is 5.91 Å². The summed E-state index contributed by atoms with van der Waals surface area (Å²) in [6.07, 6.45) is 1.10. The summed E-state index contributed by atoms with van der Waals surface area (Å²) in [5, 5.41) is 0. The van der Waals surface area contributed by atoms with Crippen LogP contribution in [0.5, 0.6) is 0 Å². The van der Waals surface area contributed by atoms with E-state index in [9.17, 15) is 4.79 Å². The van der Waals surface area contributed by atoms with Gasteiger partial charge in [0.05, 0.1) is 0 Å². The average molecular weight is 262 g/mol. The van der Waals surface area contributed by atoms with Crippen molar-refractivity contribution in [2.75, 3.05) is 24.5 Å². The number of hydrogen-bond acceptors (Lipinski definition) is 4. The van der Waals surface area contributed by atoms with E-state index in [1.807, 2.05) is 6.92 Å². The topological polar surface area (TPSA) is 85.2 Å². The average Bonchev–Trinajstić information content (AvgIpc) is 2.38. The highest BCUT2D eigenvalue weighted by Crippen LogP contribution is 2.26. The lowest BCUT2D eigenvalue weighted by molar-refractivity contribution is 0.1000. The van der Waals surface area contributed by atoms with E-state index in [-0.39, 0.29) is 0 Å². The quantitative estimate of drug-likeness (QED) is 0.848. The molecule has 0 saturated carbocycles. The molecule has 19 heavy (non-hydrogen) atoms. The van der Waals surface area contributed by atoms with Crippen LogP contribution in [0.25, 0.3) is 0 Å². The highest BCUT2D eigenvalue weighted by Gasteiger charge is 2.26. The molecule has 1 aromatic rings. The van der Waals surface area contributed by atoms with E-state index >= 15 is 0 Å². The van der Waals surface area contributed by atoms with E-state index in [0.717, 1.165) is 31.0 Å². The Bertz CT molecular complexity index is 475. The van der Waals surface area contributed by atoms with E-state index in [1.54, 1.807) is 12.1 Å². The summed E-state index contributed by atoms with van der Waals surface area (Å²) in [6, 6.07) is 3.50. The van der Waals surface area contributed by atoms with Gasteiger partial charge in [-0.2, -0.15) is 0 Å². The predicted octanol–water partition coefficient (Wildman–Crippen LogP) is 0.910. The Balaban J connectivity index is 2.24. The van der Waals surface area contributed by atoms with Crippen molar-refractivity contribution in [3.63, 3.8) is 0 Å². The molecule has 1 aromatic heterocycles. The molecule has 1 aliphatic heterocycles. The molecule has 2 unspecified atom stereocenters. The van der Waals surface area contributed by atoms with Crippen LogP contribution < -0.4 is 16.4 Å². The lowest BCUT2D eigenvalue weighted by Gasteiger charge is -2.37. The molecule has 104 valence electrons. The molecule has 0 aliphatic carbocycles. The molecular weight excluding hydrogens is 240 g/mol. The van der Waals surface area contributed by atoms with E-state index in [0.29, 0.717) is 23.9 Å². The second-order valence-electron chi connectivity index (χ2n) is 5.43. The van der Waals surface area contributed by atoms with E-state index in [1.165, 1.54) is 0 Å². The Labute approximate surface area is 114 Å². The van der Waals surface area contributed by atoms with Gasteiger partial charge in [-0.05, 0) is 43.9 Å². The van der Waals surface area contributed by atoms with Crippen LogP contribution in [0.15, 0.2) is 12.1 Å². The Morgan fingerprint density at radius 3 is 2.89 bits per heavy atom. The van der Waals surface area contributed by atoms with Crippen molar-refractivity contribution in [2.45, 2.75) is 20.3 Å². The van der Waals surface area contributed by atoms with Crippen LogP contribution in [-0.2, 0) is 0 Å². The fourth-order valence-corrected chi connectivity index (χ4v) is 2.62. The third-order valence-electron chi connectivity index (χ3n) is 3.97. The maximum atomic E-state index is 11.3. The van der Waals surface area contributed by atoms with Gasteiger partial charge >= 0.3 is 0 Å². The molecule has 0 bridgehead atoms. The Hall–Kier alpha value is -1.62. The zero-order valence-electron chi connectivity index (χ0n) is 11.6. The number of aromatic nitrogens is 1. The van der Waals surface area contributed by atoms with Crippen LogP contribution >= 0.6 is 0 Å². The van der Waals surface area contributed by atoms with Crippen LogP contribution in [-0.4, -0.2) is 30.5 Å². The van der Waals surface area contributed by atoms with Crippen LogP contribution in [0.2, 0.25) is 0 Å². The molecule has 2 atom stereocenters. The van der Waals surface area contributed by atoms with Crippen LogP contribution in [0.3, 0.4) is 0 Å². The number of amides is 1. The van der Waals surface area contributed by atoms with Crippen molar-refractivity contribution < 1.29 is 4.79 Å². The summed E-state index contributed by atoms with van der Waals surface area (Å²) in [4.78, 5) is 18.0.